The van der Waals surface area contributed by atoms with Gasteiger partial charge in [0.05, 0.1) is 25.2 Å². The molecule has 0 bridgehead atoms. The molecule has 1 heterocycles. The molecule has 3 atom stereocenters. The third-order valence-electron chi connectivity index (χ3n) is 7.36. The van der Waals surface area contributed by atoms with E-state index in [-0.39, 0.29) is 24.7 Å². The maximum absolute atomic E-state index is 13.1. The van der Waals surface area contributed by atoms with E-state index in [0.717, 1.165) is 41.5 Å². The average molecular weight is 479 g/mol. The van der Waals surface area contributed by atoms with Crippen molar-refractivity contribution in [2.75, 3.05) is 20.3 Å². The normalized spacial score (nSPS) is 21.6. The first-order valence-corrected chi connectivity index (χ1v) is 12.1. The van der Waals surface area contributed by atoms with E-state index in [0.29, 0.717) is 12.5 Å². The van der Waals surface area contributed by atoms with Crippen molar-refractivity contribution in [3.8, 4) is 11.1 Å². The van der Waals surface area contributed by atoms with E-state index in [9.17, 15) is 19.5 Å². The monoisotopic (exact) mass is 478 g/mol. The maximum atomic E-state index is 13.1. The lowest BCUT2D eigenvalue weighted by Gasteiger charge is -2.28. The SMILES string of the molecule is CN(C(=O)C(CC(=O)O)NC(=O)OCC1c2ccccc2-c2ccccc21)C1COC(C2CC2)C1. The number of amides is 2. The number of rotatable bonds is 8. The fraction of sp³-hybridized carbons (Fsp3) is 0.444. The molecule has 184 valence electrons. The summed E-state index contributed by atoms with van der Waals surface area (Å²) in [4.78, 5) is 38.8. The number of likely N-dealkylation sites (N-methyl/N-ethyl adjacent to an activating group) is 1. The van der Waals surface area contributed by atoms with Crippen LogP contribution in [0.3, 0.4) is 0 Å². The summed E-state index contributed by atoms with van der Waals surface area (Å²) in [5, 5.41) is 11.8. The lowest BCUT2D eigenvalue weighted by Crippen LogP contribution is -2.51. The Kier molecular flexibility index (Phi) is 6.47. The van der Waals surface area contributed by atoms with Crippen LogP contribution in [-0.4, -0.2) is 66.4 Å². The summed E-state index contributed by atoms with van der Waals surface area (Å²) in [5.41, 5.74) is 4.37. The number of hydrogen-bond donors (Lipinski definition) is 2. The van der Waals surface area contributed by atoms with E-state index in [1.807, 2.05) is 48.5 Å². The number of ether oxygens (including phenoxy) is 2. The molecule has 35 heavy (non-hydrogen) atoms. The van der Waals surface area contributed by atoms with Gasteiger partial charge in [-0.2, -0.15) is 0 Å². The summed E-state index contributed by atoms with van der Waals surface area (Å²) in [5.74, 6) is -1.18. The molecule has 1 saturated heterocycles. The van der Waals surface area contributed by atoms with Gasteiger partial charge in [0, 0.05) is 13.0 Å². The number of nitrogens with one attached hydrogen (secondary N) is 1. The molecule has 0 radical (unpaired) electrons. The summed E-state index contributed by atoms with van der Waals surface area (Å²) < 4.78 is 11.4. The minimum absolute atomic E-state index is 0.0865. The van der Waals surface area contributed by atoms with Gasteiger partial charge in [-0.1, -0.05) is 48.5 Å². The van der Waals surface area contributed by atoms with E-state index >= 15 is 0 Å². The van der Waals surface area contributed by atoms with Crippen molar-refractivity contribution in [2.24, 2.45) is 5.92 Å². The average Bonchev–Trinajstić information content (AvgIpc) is 3.50. The molecule has 1 saturated carbocycles. The second-order valence-electron chi connectivity index (χ2n) is 9.67. The molecule has 2 aromatic carbocycles. The molecule has 1 aliphatic heterocycles. The van der Waals surface area contributed by atoms with Gasteiger partial charge in [0.1, 0.15) is 12.6 Å². The van der Waals surface area contributed by atoms with Crippen LogP contribution in [0.4, 0.5) is 4.79 Å². The van der Waals surface area contributed by atoms with Gasteiger partial charge < -0.3 is 24.8 Å². The fourth-order valence-corrected chi connectivity index (χ4v) is 5.29. The van der Waals surface area contributed by atoms with Crippen LogP contribution in [0, 0.1) is 5.92 Å². The number of alkyl carbamates (subject to hydrolysis) is 1. The first-order chi connectivity index (χ1) is 16.9. The van der Waals surface area contributed by atoms with Crippen molar-refractivity contribution >= 4 is 18.0 Å². The predicted octanol–water partition coefficient (Wildman–Crippen LogP) is 3.39. The van der Waals surface area contributed by atoms with Crippen LogP contribution in [0.5, 0.6) is 0 Å². The topological polar surface area (TPSA) is 105 Å². The Morgan fingerprint density at radius 1 is 1.09 bits per heavy atom. The number of benzene rings is 2. The van der Waals surface area contributed by atoms with E-state index in [4.69, 9.17) is 9.47 Å². The van der Waals surface area contributed by atoms with E-state index in [2.05, 4.69) is 5.32 Å². The predicted molar refractivity (Wildman–Crippen MR) is 128 cm³/mol. The molecule has 2 aromatic rings. The lowest BCUT2D eigenvalue weighted by molar-refractivity contribution is -0.142. The minimum atomic E-state index is -1.21. The number of aliphatic carboxylic acids is 1. The van der Waals surface area contributed by atoms with Crippen LogP contribution < -0.4 is 5.32 Å². The van der Waals surface area contributed by atoms with Gasteiger partial charge in [0.2, 0.25) is 5.91 Å². The molecule has 0 aromatic heterocycles. The van der Waals surface area contributed by atoms with Crippen molar-refractivity contribution in [3.05, 3.63) is 59.7 Å². The molecule has 8 heteroatoms. The first kappa shape index (κ1) is 23.4. The van der Waals surface area contributed by atoms with Gasteiger partial charge in [-0.05, 0) is 47.4 Å². The van der Waals surface area contributed by atoms with Gasteiger partial charge >= 0.3 is 12.1 Å². The molecule has 2 fully saturated rings. The smallest absolute Gasteiger partial charge is 0.407 e. The largest absolute Gasteiger partial charge is 0.481 e. The molecule has 8 nitrogen and oxygen atoms in total. The Bertz CT molecular complexity index is 1080. The summed E-state index contributed by atoms with van der Waals surface area (Å²) in [6, 6.07) is 14.7. The maximum Gasteiger partial charge on any atom is 0.407 e. The van der Waals surface area contributed by atoms with Crippen LogP contribution in [0.1, 0.15) is 42.7 Å². The van der Waals surface area contributed by atoms with Crippen molar-refractivity contribution < 1.29 is 29.0 Å². The Hall–Kier alpha value is -3.39. The highest BCUT2D eigenvalue weighted by Gasteiger charge is 2.41. The zero-order valence-corrected chi connectivity index (χ0v) is 19.7. The second-order valence-corrected chi connectivity index (χ2v) is 9.67. The van der Waals surface area contributed by atoms with E-state index < -0.39 is 30.4 Å². The van der Waals surface area contributed by atoms with Crippen molar-refractivity contribution in [1.29, 1.82) is 0 Å². The van der Waals surface area contributed by atoms with Crippen molar-refractivity contribution in [1.82, 2.24) is 10.2 Å². The molecule has 0 spiro atoms. The van der Waals surface area contributed by atoms with Gasteiger partial charge in [0.25, 0.3) is 0 Å². The zero-order chi connectivity index (χ0) is 24.5. The van der Waals surface area contributed by atoms with Crippen LogP contribution >= 0.6 is 0 Å². The summed E-state index contributed by atoms with van der Waals surface area (Å²) in [7, 11) is 1.64. The first-order valence-electron chi connectivity index (χ1n) is 12.1. The summed E-state index contributed by atoms with van der Waals surface area (Å²) in [6.07, 6.45) is 1.87. The number of nitrogens with zero attached hydrogens (tertiary/aromatic N) is 1. The number of carboxylic acid groups (broad SMARTS) is 1. The van der Waals surface area contributed by atoms with E-state index in [1.54, 1.807) is 7.05 Å². The van der Waals surface area contributed by atoms with E-state index in [1.165, 1.54) is 4.90 Å². The fourth-order valence-electron chi connectivity index (χ4n) is 5.29. The Balaban J connectivity index is 1.22. The third-order valence-corrected chi connectivity index (χ3v) is 7.36. The third kappa shape index (κ3) is 4.89. The zero-order valence-electron chi connectivity index (χ0n) is 19.7. The van der Waals surface area contributed by atoms with Gasteiger partial charge in [0.15, 0.2) is 0 Å². The number of carbonyl (C=O) groups excluding carboxylic acids is 2. The highest BCUT2D eigenvalue weighted by Crippen LogP contribution is 2.44. The standard InChI is InChI=1S/C27H30N2O6/c1-29(17-12-24(34-14-17)16-10-11-16)26(32)23(13-25(30)31)28-27(33)35-15-22-20-8-4-2-6-18(20)19-7-3-5-9-21(19)22/h2-9,16-17,22-24H,10-15H2,1H3,(H,28,33)(H,30,31). The van der Waals surface area contributed by atoms with Gasteiger partial charge in [-0.25, -0.2) is 4.79 Å². The van der Waals surface area contributed by atoms with Gasteiger partial charge in [-0.15, -0.1) is 0 Å². The summed E-state index contributed by atoms with van der Waals surface area (Å²) in [6.45, 7) is 0.511. The Morgan fingerprint density at radius 2 is 1.71 bits per heavy atom. The highest BCUT2D eigenvalue weighted by molar-refractivity contribution is 5.89. The second kappa shape index (κ2) is 9.70. The quantitative estimate of drug-likeness (QED) is 0.603. The molecule has 2 aliphatic carbocycles. The minimum Gasteiger partial charge on any atom is -0.481 e. The molecule has 3 aliphatic rings. The number of fused-ring (bicyclic) bond motifs is 3. The Labute approximate surface area is 204 Å². The van der Waals surface area contributed by atoms with Crippen LogP contribution in [0.25, 0.3) is 11.1 Å². The van der Waals surface area contributed by atoms with Crippen molar-refractivity contribution in [3.63, 3.8) is 0 Å². The summed E-state index contributed by atoms with van der Waals surface area (Å²) >= 11 is 0. The molecular weight excluding hydrogens is 448 g/mol. The highest BCUT2D eigenvalue weighted by atomic mass is 16.5. The number of carboxylic acids is 1. The van der Waals surface area contributed by atoms with Crippen LogP contribution in [0.2, 0.25) is 0 Å². The number of carbonyl (C=O) groups is 3. The molecule has 2 N–H and O–H groups in total. The number of hydrogen-bond acceptors (Lipinski definition) is 5. The van der Waals surface area contributed by atoms with Crippen molar-refractivity contribution in [2.45, 2.75) is 49.8 Å². The molecular formula is C27H30N2O6. The molecule has 5 rings (SSSR count). The molecule has 3 unspecified atom stereocenters. The molecule has 2 amide bonds. The van der Waals surface area contributed by atoms with Gasteiger partial charge in [-0.3, -0.25) is 9.59 Å². The Morgan fingerprint density at radius 3 is 2.31 bits per heavy atom. The van der Waals surface area contributed by atoms with Crippen LogP contribution in [-0.2, 0) is 19.1 Å². The van der Waals surface area contributed by atoms with Crippen LogP contribution in [0.15, 0.2) is 48.5 Å². The lowest BCUT2D eigenvalue weighted by atomic mass is 9.98.